The van der Waals surface area contributed by atoms with Crippen molar-refractivity contribution in [1.82, 2.24) is 0 Å². The Hall–Kier alpha value is -4.18. The van der Waals surface area contributed by atoms with Gasteiger partial charge in [-0.1, -0.05) is 66.7 Å². The predicted molar refractivity (Wildman–Crippen MR) is 118 cm³/mol. The van der Waals surface area contributed by atoms with Gasteiger partial charge in [-0.3, -0.25) is 0 Å². The first kappa shape index (κ1) is 17.9. The summed E-state index contributed by atoms with van der Waals surface area (Å²) in [4.78, 5) is 23.7. The van der Waals surface area contributed by atoms with Crippen LogP contribution >= 0.6 is 0 Å². The number of carboxylic acids is 2. The zero-order valence-electron chi connectivity index (χ0n) is 15.8. The molecule has 5 aromatic rings. The Labute approximate surface area is 171 Å². The monoisotopic (exact) mass is 392 g/mol. The Morgan fingerprint density at radius 3 is 1.97 bits per heavy atom. The Bertz CT molecular complexity index is 1490. The molecule has 5 rings (SSSR count). The largest absolute Gasteiger partial charge is 0.478 e. The third-order valence-electron chi connectivity index (χ3n) is 5.52. The highest BCUT2D eigenvalue weighted by Gasteiger charge is 2.19. The fraction of sp³-hybridized carbons (Fsp3) is 0. The smallest absolute Gasteiger partial charge is 0.336 e. The number of carboxylic acid groups (broad SMARTS) is 2. The van der Waals surface area contributed by atoms with E-state index in [1.54, 1.807) is 6.07 Å². The van der Waals surface area contributed by atoms with E-state index in [-0.39, 0.29) is 11.1 Å². The van der Waals surface area contributed by atoms with Gasteiger partial charge in [0.25, 0.3) is 0 Å². The van der Waals surface area contributed by atoms with Gasteiger partial charge in [-0.05, 0) is 61.6 Å². The molecule has 0 aliphatic carbocycles. The summed E-state index contributed by atoms with van der Waals surface area (Å²) in [6.07, 6.45) is 0. The second kappa shape index (κ2) is 6.71. The molecule has 30 heavy (non-hydrogen) atoms. The number of hydrogen-bond donors (Lipinski definition) is 2. The molecule has 0 saturated heterocycles. The van der Waals surface area contributed by atoms with Crippen LogP contribution in [0.4, 0.5) is 0 Å². The van der Waals surface area contributed by atoms with E-state index in [0.29, 0.717) is 10.8 Å². The summed E-state index contributed by atoms with van der Waals surface area (Å²) >= 11 is 0. The molecule has 0 amide bonds. The van der Waals surface area contributed by atoms with Gasteiger partial charge in [0.1, 0.15) is 0 Å². The normalized spacial score (nSPS) is 11.2. The van der Waals surface area contributed by atoms with Gasteiger partial charge in [0, 0.05) is 0 Å². The van der Waals surface area contributed by atoms with Gasteiger partial charge in [0.05, 0.1) is 11.1 Å². The average Bonchev–Trinajstić information content (AvgIpc) is 2.76. The number of aromatic carboxylic acids is 2. The van der Waals surface area contributed by atoms with Crippen molar-refractivity contribution >= 4 is 44.3 Å². The Balaban J connectivity index is 2.06. The zero-order valence-corrected chi connectivity index (χ0v) is 15.8. The third-order valence-corrected chi connectivity index (χ3v) is 5.52. The molecule has 0 unspecified atom stereocenters. The molecule has 0 atom stereocenters. The quantitative estimate of drug-likeness (QED) is 0.358. The van der Waals surface area contributed by atoms with Crippen LogP contribution in [0.1, 0.15) is 20.7 Å². The summed E-state index contributed by atoms with van der Waals surface area (Å²) in [7, 11) is 0. The molecule has 0 aliphatic heterocycles. The van der Waals surface area contributed by atoms with Crippen LogP contribution in [0.2, 0.25) is 0 Å². The SMILES string of the molecule is O=C(O)c1cc(C(=O)O)c2cc3ccccc3c(-c3cccc4ccccc34)c2c1. The number of benzene rings is 5. The van der Waals surface area contributed by atoms with E-state index in [9.17, 15) is 19.8 Å². The van der Waals surface area contributed by atoms with Crippen LogP contribution in [0.25, 0.3) is 43.4 Å². The maximum atomic E-state index is 12.0. The number of rotatable bonds is 3. The van der Waals surface area contributed by atoms with E-state index in [0.717, 1.165) is 32.7 Å². The van der Waals surface area contributed by atoms with Crippen LogP contribution in [0.5, 0.6) is 0 Å². The lowest BCUT2D eigenvalue weighted by Crippen LogP contribution is -2.04. The van der Waals surface area contributed by atoms with Crippen LogP contribution in [-0.4, -0.2) is 22.2 Å². The van der Waals surface area contributed by atoms with Gasteiger partial charge in [-0.15, -0.1) is 0 Å². The predicted octanol–water partition coefficient (Wildman–Crippen LogP) is 6.21. The van der Waals surface area contributed by atoms with Gasteiger partial charge < -0.3 is 10.2 Å². The third kappa shape index (κ3) is 2.70. The summed E-state index contributed by atoms with van der Waals surface area (Å²) in [5.74, 6) is -2.31. The number of carbonyl (C=O) groups is 2. The molecule has 0 saturated carbocycles. The second-order valence-electron chi connectivity index (χ2n) is 7.23. The van der Waals surface area contributed by atoms with Crippen LogP contribution in [0.3, 0.4) is 0 Å². The summed E-state index contributed by atoms with van der Waals surface area (Å²) in [6.45, 7) is 0. The van der Waals surface area contributed by atoms with Crippen molar-refractivity contribution in [2.75, 3.05) is 0 Å². The molecule has 5 aromatic carbocycles. The minimum absolute atomic E-state index is 0.0165. The van der Waals surface area contributed by atoms with Gasteiger partial charge in [-0.2, -0.15) is 0 Å². The maximum Gasteiger partial charge on any atom is 0.336 e. The van der Waals surface area contributed by atoms with E-state index in [1.165, 1.54) is 6.07 Å². The minimum atomic E-state index is -1.16. The molecule has 4 nitrogen and oxygen atoms in total. The molecule has 0 spiro atoms. The zero-order chi connectivity index (χ0) is 20.8. The maximum absolute atomic E-state index is 12.0. The van der Waals surface area contributed by atoms with Crippen molar-refractivity contribution in [2.45, 2.75) is 0 Å². The van der Waals surface area contributed by atoms with Gasteiger partial charge >= 0.3 is 11.9 Å². The molecular formula is C26H16O4. The standard InChI is InChI=1S/C26H16O4/c27-25(28)17-13-22-21(23(14-17)26(29)30)12-16-7-2-4-10-19(16)24(22)20-11-5-8-15-6-1-3-9-18(15)20/h1-14H,(H,27,28)(H,29,30). The van der Waals surface area contributed by atoms with Crippen molar-refractivity contribution in [2.24, 2.45) is 0 Å². The number of hydrogen-bond acceptors (Lipinski definition) is 2. The van der Waals surface area contributed by atoms with Crippen LogP contribution < -0.4 is 0 Å². The Morgan fingerprint density at radius 2 is 1.23 bits per heavy atom. The second-order valence-corrected chi connectivity index (χ2v) is 7.23. The van der Waals surface area contributed by atoms with E-state index in [2.05, 4.69) is 0 Å². The minimum Gasteiger partial charge on any atom is -0.478 e. The Morgan fingerprint density at radius 1 is 0.567 bits per heavy atom. The first-order valence-electron chi connectivity index (χ1n) is 9.49. The summed E-state index contributed by atoms with van der Waals surface area (Å²) in [5.41, 5.74) is 1.72. The molecule has 144 valence electrons. The highest BCUT2D eigenvalue weighted by atomic mass is 16.4. The first-order chi connectivity index (χ1) is 14.5. The topological polar surface area (TPSA) is 74.6 Å². The summed E-state index contributed by atoms with van der Waals surface area (Å²) in [6, 6.07) is 26.4. The van der Waals surface area contributed by atoms with E-state index in [1.807, 2.05) is 72.8 Å². The van der Waals surface area contributed by atoms with Crippen molar-refractivity contribution < 1.29 is 19.8 Å². The molecule has 0 bridgehead atoms. The molecule has 2 N–H and O–H groups in total. The average molecular weight is 392 g/mol. The van der Waals surface area contributed by atoms with E-state index in [4.69, 9.17) is 0 Å². The van der Waals surface area contributed by atoms with Crippen molar-refractivity contribution in [3.05, 3.63) is 96.1 Å². The molecule has 0 aliphatic rings. The highest BCUT2D eigenvalue weighted by molar-refractivity contribution is 6.21. The van der Waals surface area contributed by atoms with Crippen LogP contribution in [-0.2, 0) is 0 Å². The van der Waals surface area contributed by atoms with Crippen LogP contribution in [0, 0.1) is 0 Å². The molecule has 0 heterocycles. The molecule has 4 heteroatoms. The van der Waals surface area contributed by atoms with Gasteiger partial charge in [-0.25, -0.2) is 9.59 Å². The fourth-order valence-electron chi connectivity index (χ4n) is 4.20. The summed E-state index contributed by atoms with van der Waals surface area (Å²) in [5, 5.41) is 24.5. The lowest BCUT2D eigenvalue weighted by Gasteiger charge is -2.16. The van der Waals surface area contributed by atoms with Crippen molar-refractivity contribution in [1.29, 1.82) is 0 Å². The molecular weight excluding hydrogens is 376 g/mol. The van der Waals surface area contributed by atoms with E-state index >= 15 is 0 Å². The van der Waals surface area contributed by atoms with Gasteiger partial charge in [0.2, 0.25) is 0 Å². The van der Waals surface area contributed by atoms with Crippen LogP contribution in [0.15, 0.2) is 84.9 Å². The van der Waals surface area contributed by atoms with Crippen molar-refractivity contribution in [3.8, 4) is 11.1 Å². The number of fused-ring (bicyclic) bond motifs is 3. The van der Waals surface area contributed by atoms with Crippen molar-refractivity contribution in [3.63, 3.8) is 0 Å². The summed E-state index contributed by atoms with van der Waals surface area (Å²) < 4.78 is 0. The molecule has 0 aromatic heterocycles. The lowest BCUT2D eigenvalue weighted by molar-refractivity contribution is 0.0696. The lowest BCUT2D eigenvalue weighted by atomic mass is 9.87. The first-order valence-corrected chi connectivity index (χ1v) is 9.49. The van der Waals surface area contributed by atoms with E-state index < -0.39 is 11.9 Å². The molecule has 0 fully saturated rings. The Kier molecular flexibility index (Phi) is 4.00. The van der Waals surface area contributed by atoms with Gasteiger partial charge in [0.15, 0.2) is 0 Å². The fourth-order valence-corrected chi connectivity index (χ4v) is 4.20. The molecule has 0 radical (unpaired) electrons. The highest BCUT2D eigenvalue weighted by Crippen LogP contribution is 2.41.